The van der Waals surface area contributed by atoms with Crippen LogP contribution in [0.15, 0.2) is 78.9 Å². The fourth-order valence-electron chi connectivity index (χ4n) is 2.94. The summed E-state index contributed by atoms with van der Waals surface area (Å²) >= 11 is 0. The van der Waals surface area contributed by atoms with Crippen LogP contribution in [0.1, 0.15) is 15.9 Å². The first-order valence-corrected chi connectivity index (χ1v) is 8.67. The highest BCUT2D eigenvalue weighted by Crippen LogP contribution is 2.20. The molecule has 4 rings (SSSR count). The van der Waals surface area contributed by atoms with Gasteiger partial charge in [0.1, 0.15) is 5.82 Å². The van der Waals surface area contributed by atoms with Gasteiger partial charge in [-0.25, -0.2) is 4.98 Å². The van der Waals surface area contributed by atoms with Gasteiger partial charge in [-0.3, -0.25) is 4.79 Å². The van der Waals surface area contributed by atoms with E-state index in [9.17, 15) is 4.79 Å². The topological polar surface area (TPSA) is 57.8 Å². The molecule has 128 valence electrons. The van der Waals surface area contributed by atoms with Crippen molar-refractivity contribution in [3.05, 3.63) is 90.0 Å². The second kappa shape index (κ2) is 7.23. The number of carbonyl (C=O) groups excluding carboxylic acids is 1. The lowest BCUT2D eigenvalue weighted by Crippen LogP contribution is -2.25. The van der Waals surface area contributed by atoms with E-state index in [4.69, 9.17) is 0 Å². The highest BCUT2D eigenvalue weighted by molar-refractivity contribution is 5.94. The number of H-pyrrole nitrogens is 1. The zero-order valence-electron chi connectivity index (χ0n) is 14.3. The molecular formula is C22H19N3O. The Bertz CT molecular complexity index is 987. The van der Waals surface area contributed by atoms with Crippen LogP contribution in [0.4, 0.5) is 0 Å². The number of imidazole rings is 1. The van der Waals surface area contributed by atoms with Crippen LogP contribution in [0.2, 0.25) is 0 Å². The van der Waals surface area contributed by atoms with E-state index in [0.717, 1.165) is 28.8 Å². The van der Waals surface area contributed by atoms with E-state index < -0.39 is 0 Å². The number of hydrogen-bond acceptors (Lipinski definition) is 2. The number of aromatic nitrogens is 2. The van der Waals surface area contributed by atoms with Gasteiger partial charge < -0.3 is 10.3 Å². The zero-order valence-corrected chi connectivity index (χ0v) is 14.3. The summed E-state index contributed by atoms with van der Waals surface area (Å²) in [6.07, 6.45) is 0.823. The number of aromatic amines is 1. The molecule has 0 radical (unpaired) electrons. The Labute approximate surface area is 151 Å². The van der Waals surface area contributed by atoms with Crippen molar-refractivity contribution in [3.8, 4) is 11.4 Å². The molecule has 0 unspecified atom stereocenters. The SMILES string of the molecule is O=C(NCCc1ccccc1)c1ccc(-c2nc3ccccc3[nH]2)cc1. The highest BCUT2D eigenvalue weighted by atomic mass is 16.1. The van der Waals surface area contributed by atoms with Crippen LogP contribution in [0.3, 0.4) is 0 Å². The first-order chi connectivity index (χ1) is 12.8. The number of rotatable bonds is 5. The van der Waals surface area contributed by atoms with E-state index in [0.29, 0.717) is 12.1 Å². The van der Waals surface area contributed by atoms with Gasteiger partial charge in [-0.1, -0.05) is 54.6 Å². The number of hydrogen-bond donors (Lipinski definition) is 2. The fraction of sp³-hybridized carbons (Fsp3) is 0.0909. The summed E-state index contributed by atoms with van der Waals surface area (Å²) in [6.45, 7) is 0.619. The maximum atomic E-state index is 12.3. The van der Waals surface area contributed by atoms with Gasteiger partial charge in [0, 0.05) is 17.7 Å². The lowest BCUT2D eigenvalue weighted by molar-refractivity contribution is 0.0954. The molecule has 0 spiro atoms. The van der Waals surface area contributed by atoms with Crippen LogP contribution in [0.25, 0.3) is 22.4 Å². The zero-order chi connectivity index (χ0) is 17.8. The number of carbonyl (C=O) groups is 1. The highest BCUT2D eigenvalue weighted by Gasteiger charge is 2.08. The van der Waals surface area contributed by atoms with Gasteiger partial charge in [0.25, 0.3) is 5.91 Å². The normalized spacial score (nSPS) is 10.8. The second-order valence-electron chi connectivity index (χ2n) is 6.17. The van der Waals surface area contributed by atoms with Crippen molar-refractivity contribution in [1.82, 2.24) is 15.3 Å². The predicted octanol–water partition coefficient (Wildman–Crippen LogP) is 4.20. The van der Waals surface area contributed by atoms with Crippen molar-refractivity contribution in [1.29, 1.82) is 0 Å². The molecule has 0 saturated carbocycles. The van der Waals surface area contributed by atoms with Gasteiger partial charge >= 0.3 is 0 Å². The predicted molar refractivity (Wildman–Crippen MR) is 104 cm³/mol. The summed E-state index contributed by atoms with van der Waals surface area (Å²) in [7, 11) is 0. The minimum absolute atomic E-state index is 0.0583. The van der Waals surface area contributed by atoms with E-state index in [1.54, 1.807) is 0 Å². The van der Waals surface area contributed by atoms with E-state index >= 15 is 0 Å². The molecule has 0 saturated heterocycles. The number of amides is 1. The molecule has 2 N–H and O–H groups in total. The average molecular weight is 341 g/mol. The minimum atomic E-state index is -0.0583. The molecule has 1 aromatic heterocycles. The van der Waals surface area contributed by atoms with Crippen LogP contribution in [-0.4, -0.2) is 22.4 Å². The van der Waals surface area contributed by atoms with Gasteiger partial charge in [-0.2, -0.15) is 0 Å². The van der Waals surface area contributed by atoms with Crippen LogP contribution in [0.5, 0.6) is 0 Å². The van der Waals surface area contributed by atoms with Crippen molar-refractivity contribution < 1.29 is 4.79 Å². The summed E-state index contributed by atoms with van der Waals surface area (Å²) in [6, 6.07) is 25.6. The second-order valence-corrected chi connectivity index (χ2v) is 6.17. The number of fused-ring (bicyclic) bond motifs is 1. The molecule has 0 aliphatic heterocycles. The standard InChI is InChI=1S/C22H19N3O/c26-22(23-15-14-16-6-2-1-3-7-16)18-12-10-17(11-13-18)21-24-19-8-4-5-9-20(19)25-21/h1-13H,14-15H2,(H,23,26)(H,24,25). The van der Waals surface area contributed by atoms with E-state index in [2.05, 4.69) is 27.4 Å². The van der Waals surface area contributed by atoms with Crippen molar-refractivity contribution in [2.24, 2.45) is 0 Å². The Balaban J connectivity index is 1.41. The van der Waals surface area contributed by atoms with Gasteiger partial charge in [-0.15, -0.1) is 0 Å². The molecule has 26 heavy (non-hydrogen) atoms. The number of benzene rings is 3. The molecule has 4 heteroatoms. The molecule has 0 fully saturated rings. The Hall–Kier alpha value is -3.40. The van der Waals surface area contributed by atoms with Crippen molar-refractivity contribution in [3.63, 3.8) is 0 Å². The largest absolute Gasteiger partial charge is 0.352 e. The third-order valence-electron chi connectivity index (χ3n) is 4.35. The van der Waals surface area contributed by atoms with Crippen molar-refractivity contribution in [2.45, 2.75) is 6.42 Å². The van der Waals surface area contributed by atoms with E-state index in [1.807, 2.05) is 66.7 Å². The van der Waals surface area contributed by atoms with E-state index in [-0.39, 0.29) is 5.91 Å². The first-order valence-electron chi connectivity index (χ1n) is 8.67. The lowest BCUT2D eigenvalue weighted by Gasteiger charge is -2.06. The third-order valence-corrected chi connectivity index (χ3v) is 4.35. The monoisotopic (exact) mass is 341 g/mol. The summed E-state index contributed by atoms with van der Waals surface area (Å²) < 4.78 is 0. The number of nitrogens with zero attached hydrogens (tertiary/aromatic N) is 1. The molecular weight excluding hydrogens is 322 g/mol. The van der Waals surface area contributed by atoms with Crippen molar-refractivity contribution >= 4 is 16.9 Å². The third kappa shape index (κ3) is 3.49. The summed E-state index contributed by atoms with van der Waals surface area (Å²) in [5.41, 5.74) is 4.77. The quantitative estimate of drug-likeness (QED) is 0.571. The van der Waals surface area contributed by atoms with Gasteiger partial charge in [0.2, 0.25) is 0 Å². The number of nitrogens with one attached hydrogen (secondary N) is 2. The Morgan fingerprint density at radius 3 is 2.38 bits per heavy atom. The summed E-state index contributed by atoms with van der Waals surface area (Å²) in [5.74, 6) is 0.749. The minimum Gasteiger partial charge on any atom is -0.352 e. The van der Waals surface area contributed by atoms with Crippen LogP contribution >= 0.6 is 0 Å². The molecule has 4 nitrogen and oxygen atoms in total. The fourth-order valence-corrected chi connectivity index (χ4v) is 2.94. The lowest BCUT2D eigenvalue weighted by atomic mass is 10.1. The maximum Gasteiger partial charge on any atom is 0.251 e. The van der Waals surface area contributed by atoms with Crippen LogP contribution < -0.4 is 5.32 Å². The molecule has 0 aliphatic carbocycles. The smallest absolute Gasteiger partial charge is 0.251 e. The summed E-state index contributed by atoms with van der Waals surface area (Å²) in [4.78, 5) is 20.2. The van der Waals surface area contributed by atoms with E-state index in [1.165, 1.54) is 5.56 Å². The van der Waals surface area contributed by atoms with Gasteiger partial charge in [0.15, 0.2) is 0 Å². The Morgan fingerprint density at radius 2 is 1.62 bits per heavy atom. The molecule has 0 aliphatic rings. The van der Waals surface area contributed by atoms with Crippen LogP contribution in [0, 0.1) is 0 Å². The first kappa shape index (κ1) is 16.1. The maximum absolute atomic E-state index is 12.3. The molecule has 0 atom stereocenters. The molecule has 3 aromatic carbocycles. The van der Waals surface area contributed by atoms with Crippen molar-refractivity contribution in [2.75, 3.05) is 6.54 Å². The molecule has 4 aromatic rings. The van der Waals surface area contributed by atoms with Gasteiger partial charge in [-0.05, 0) is 36.2 Å². The molecule has 1 amide bonds. The number of para-hydroxylation sites is 2. The summed E-state index contributed by atoms with van der Waals surface area (Å²) in [5, 5.41) is 2.97. The molecule has 1 heterocycles. The average Bonchev–Trinajstić information content (AvgIpc) is 3.13. The Kier molecular flexibility index (Phi) is 4.48. The molecule has 0 bridgehead atoms. The van der Waals surface area contributed by atoms with Gasteiger partial charge in [0.05, 0.1) is 11.0 Å². The Morgan fingerprint density at radius 1 is 0.885 bits per heavy atom. The van der Waals surface area contributed by atoms with Crippen LogP contribution in [-0.2, 0) is 6.42 Å².